The van der Waals surface area contributed by atoms with Gasteiger partial charge in [-0.2, -0.15) is 5.10 Å². The van der Waals surface area contributed by atoms with E-state index in [-0.39, 0.29) is 12.5 Å². The summed E-state index contributed by atoms with van der Waals surface area (Å²) in [5.74, 6) is 0.417. The average molecular weight is 459 g/mol. The fourth-order valence-corrected chi connectivity index (χ4v) is 4.49. The molecule has 0 spiro atoms. The van der Waals surface area contributed by atoms with Gasteiger partial charge in [0.1, 0.15) is 5.69 Å². The van der Waals surface area contributed by atoms with E-state index in [1.165, 1.54) is 11.8 Å². The number of hydrogen-bond acceptors (Lipinski definition) is 8. The molecule has 1 saturated heterocycles. The van der Waals surface area contributed by atoms with Crippen molar-refractivity contribution < 1.29 is 4.79 Å². The van der Waals surface area contributed by atoms with Crippen LogP contribution in [0.3, 0.4) is 0 Å². The van der Waals surface area contributed by atoms with E-state index in [4.69, 9.17) is 22.3 Å². The van der Waals surface area contributed by atoms with Crippen molar-refractivity contribution in [2.75, 3.05) is 50.0 Å². The molecule has 1 aromatic carbocycles. The first-order valence-corrected chi connectivity index (χ1v) is 11.0. The summed E-state index contributed by atoms with van der Waals surface area (Å²) in [6.07, 6.45) is 3.52. The number of halogens is 1. The van der Waals surface area contributed by atoms with Crippen LogP contribution in [-0.2, 0) is 4.79 Å². The monoisotopic (exact) mass is 458 g/mol. The van der Waals surface area contributed by atoms with Crippen molar-refractivity contribution in [2.24, 2.45) is 5.73 Å². The second-order valence-corrected chi connectivity index (χ2v) is 8.73. The van der Waals surface area contributed by atoms with E-state index < -0.39 is 0 Å². The zero-order valence-corrected chi connectivity index (χ0v) is 18.6. The minimum atomic E-state index is -0.281. The summed E-state index contributed by atoms with van der Waals surface area (Å²) in [5, 5.41) is 10.3. The van der Waals surface area contributed by atoms with E-state index in [1.807, 2.05) is 24.4 Å². The maximum absolute atomic E-state index is 11.7. The highest BCUT2D eigenvalue weighted by molar-refractivity contribution is 7.99. The van der Waals surface area contributed by atoms with E-state index >= 15 is 0 Å². The topological polar surface area (TPSA) is 116 Å². The Morgan fingerprint density at radius 3 is 2.81 bits per heavy atom. The molecule has 1 aliphatic rings. The zero-order chi connectivity index (χ0) is 21.8. The van der Waals surface area contributed by atoms with Crippen molar-refractivity contribution in [1.82, 2.24) is 25.1 Å². The standard InChI is InChI=1S/C20H23ClN8OS/c1-28-4-6-29(7-5-28)20-23-12-17(19(26-20)16-2-3-24-27-16)31-15-9-13(21)8-14(10-15)25-18(30)11-22/h2-3,8-10,12H,4-7,11,22H2,1H3,(H,24,27)(H,25,30). The van der Waals surface area contributed by atoms with Gasteiger partial charge in [-0.3, -0.25) is 9.89 Å². The molecule has 9 nitrogen and oxygen atoms in total. The molecule has 2 aromatic heterocycles. The number of rotatable bonds is 6. The predicted octanol–water partition coefficient (Wildman–Crippen LogP) is 2.32. The number of nitrogens with one attached hydrogen (secondary N) is 2. The second kappa shape index (κ2) is 9.65. The number of nitrogens with two attached hydrogens (primary N) is 1. The largest absolute Gasteiger partial charge is 0.338 e. The summed E-state index contributed by atoms with van der Waals surface area (Å²) in [4.78, 5) is 27.3. The summed E-state index contributed by atoms with van der Waals surface area (Å²) in [7, 11) is 2.11. The first-order valence-electron chi connectivity index (χ1n) is 9.80. The molecule has 3 heterocycles. The number of anilines is 2. The molecule has 1 aliphatic heterocycles. The number of amides is 1. The van der Waals surface area contributed by atoms with Gasteiger partial charge >= 0.3 is 0 Å². The molecule has 11 heteroatoms. The smallest absolute Gasteiger partial charge is 0.238 e. The highest BCUT2D eigenvalue weighted by atomic mass is 35.5. The third-order valence-corrected chi connectivity index (χ3v) is 6.06. The third kappa shape index (κ3) is 5.34. The molecule has 3 aromatic rings. The fourth-order valence-electron chi connectivity index (χ4n) is 3.21. The number of carbonyl (C=O) groups excluding carboxylic acids is 1. The highest BCUT2D eigenvalue weighted by Gasteiger charge is 2.20. The second-order valence-electron chi connectivity index (χ2n) is 7.17. The van der Waals surface area contributed by atoms with E-state index in [9.17, 15) is 4.79 Å². The molecule has 0 atom stereocenters. The van der Waals surface area contributed by atoms with Gasteiger partial charge in [0, 0.05) is 54.2 Å². The molecule has 0 saturated carbocycles. The van der Waals surface area contributed by atoms with Gasteiger partial charge in [-0.25, -0.2) is 9.97 Å². The quantitative estimate of drug-likeness (QED) is 0.515. The zero-order valence-electron chi connectivity index (χ0n) is 17.0. The summed E-state index contributed by atoms with van der Waals surface area (Å²) < 4.78 is 0. The number of piperazine rings is 1. The van der Waals surface area contributed by atoms with Gasteiger partial charge in [0.2, 0.25) is 11.9 Å². The Kier molecular flexibility index (Phi) is 6.71. The number of carbonyl (C=O) groups is 1. The van der Waals surface area contributed by atoms with Crippen LogP contribution < -0.4 is 16.0 Å². The molecular formula is C20H23ClN8OS. The Labute approximate surface area is 189 Å². The van der Waals surface area contributed by atoms with Crippen molar-refractivity contribution >= 4 is 40.9 Å². The van der Waals surface area contributed by atoms with Crippen LogP contribution >= 0.6 is 23.4 Å². The van der Waals surface area contributed by atoms with Gasteiger partial charge in [0.15, 0.2) is 0 Å². The molecule has 0 unspecified atom stereocenters. The van der Waals surface area contributed by atoms with Gasteiger partial charge in [-0.1, -0.05) is 23.4 Å². The molecule has 0 aliphatic carbocycles. The molecular weight excluding hydrogens is 436 g/mol. The Bertz CT molecular complexity index is 1050. The van der Waals surface area contributed by atoms with Crippen molar-refractivity contribution in [3.8, 4) is 11.4 Å². The van der Waals surface area contributed by atoms with Gasteiger partial charge in [-0.15, -0.1) is 0 Å². The van der Waals surface area contributed by atoms with E-state index in [0.29, 0.717) is 16.7 Å². The van der Waals surface area contributed by atoms with Crippen molar-refractivity contribution in [1.29, 1.82) is 0 Å². The molecule has 31 heavy (non-hydrogen) atoms. The van der Waals surface area contributed by atoms with E-state index in [0.717, 1.165) is 47.4 Å². The third-order valence-electron chi connectivity index (χ3n) is 4.85. The maximum atomic E-state index is 11.7. The summed E-state index contributed by atoms with van der Waals surface area (Å²) in [6.45, 7) is 3.60. The Morgan fingerprint density at radius 1 is 1.29 bits per heavy atom. The van der Waals surface area contributed by atoms with E-state index in [1.54, 1.807) is 12.3 Å². The van der Waals surface area contributed by atoms with Gasteiger partial charge in [0.25, 0.3) is 0 Å². The number of H-pyrrole nitrogens is 1. The SMILES string of the molecule is CN1CCN(c2ncc(Sc3cc(Cl)cc(NC(=O)CN)c3)c(-c3ccn[nH]3)n2)CC1. The van der Waals surface area contributed by atoms with Crippen LogP contribution in [0.2, 0.25) is 5.02 Å². The van der Waals surface area contributed by atoms with Crippen LogP contribution in [0.5, 0.6) is 0 Å². The van der Waals surface area contributed by atoms with Gasteiger partial charge in [0.05, 0.1) is 17.1 Å². The van der Waals surface area contributed by atoms with Crippen LogP contribution in [-0.4, -0.2) is 70.7 Å². The minimum absolute atomic E-state index is 0.0967. The van der Waals surface area contributed by atoms with Crippen LogP contribution in [0.15, 0.2) is 46.5 Å². The first kappa shape index (κ1) is 21.6. The molecule has 4 rings (SSSR count). The van der Waals surface area contributed by atoms with Crippen molar-refractivity contribution in [2.45, 2.75) is 9.79 Å². The average Bonchev–Trinajstić information content (AvgIpc) is 3.29. The molecule has 4 N–H and O–H groups in total. The summed E-state index contributed by atoms with van der Waals surface area (Å²) >= 11 is 7.73. The van der Waals surface area contributed by atoms with Crippen molar-refractivity contribution in [3.63, 3.8) is 0 Å². The number of nitrogens with zero attached hydrogens (tertiary/aromatic N) is 5. The first-order chi connectivity index (χ1) is 15.0. The van der Waals surface area contributed by atoms with Crippen LogP contribution in [0.4, 0.5) is 11.6 Å². The lowest BCUT2D eigenvalue weighted by Gasteiger charge is -2.32. The Hall–Kier alpha value is -2.66. The number of benzene rings is 1. The molecule has 0 radical (unpaired) electrons. The van der Waals surface area contributed by atoms with E-state index in [2.05, 4.69) is 37.3 Å². The summed E-state index contributed by atoms with van der Waals surface area (Å²) in [5.41, 5.74) is 7.55. The number of likely N-dealkylation sites (N-methyl/N-ethyl adjacent to an activating group) is 1. The van der Waals surface area contributed by atoms with Crippen LogP contribution in [0.1, 0.15) is 0 Å². The van der Waals surface area contributed by atoms with Crippen LogP contribution in [0.25, 0.3) is 11.4 Å². The lowest BCUT2D eigenvalue weighted by Crippen LogP contribution is -2.45. The molecule has 1 fully saturated rings. The van der Waals surface area contributed by atoms with Gasteiger partial charge in [-0.05, 0) is 31.3 Å². The minimum Gasteiger partial charge on any atom is -0.338 e. The Balaban J connectivity index is 1.64. The normalized spacial score (nSPS) is 14.6. The summed E-state index contributed by atoms with van der Waals surface area (Å²) in [6, 6.07) is 7.23. The highest BCUT2D eigenvalue weighted by Crippen LogP contribution is 2.37. The lowest BCUT2D eigenvalue weighted by atomic mass is 10.3. The fraction of sp³-hybridized carbons (Fsp3) is 0.300. The van der Waals surface area contributed by atoms with Crippen molar-refractivity contribution in [3.05, 3.63) is 41.7 Å². The number of aromatic nitrogens is 4. The van der Waals surface area contributed by atoms with Crippen LogP contribution in [0, 0.1) is 0 Å². The van der Waals surface area contributed by atoms with Gasteiger partial charge < -0.3 is 20.9 Å². The molecule has 1 amide bonds. The molecule has 162 valence electrons. The molecule has 0 bridgehead atoms. The maximum Gasteiger partial charge on any atom is 0.238 e. The number of hydrogen-bond donors (Lipinski definition) is 3. The Morgan fingerprint density at radius 2 is 2.10 bits per heavy atom. The number of aromatic amines is 1. The predicted molar refractivity (Wildman–Crippen MR) is 123 cm³/mol. The lowest BCUT2D eigenvalue weighted by molar-refractivity contribution is -0.114.